The quantitative estimate of drug-likeness (QED) is 0.335. The van der Waals surface area contributed by atoms with Crippen LogP contribution in [0.25, 0.3) is 21.7 Å². The van der Waals surface area contributed by atoms with Crippen molar-refractivity contribution in [1.29, 1.82) is 0 Å². The molecule has 0 unspecified atom stereocenters. The smallest absolute Gasteiger partial charge is 0.268 e. The molecule has 0 saturated carbocycles. The lowest BCUT2D eigenvalue weighted by Gasteiger charge is -2.12. The average molecular weight is 439 g/mol. The van der Waals surface area contributed by atoms with Crippen LogP contribution in [0.2, 0.25) is 0 Å². The summed E-state index contributed by atoms with van der Waals surface area (Å²) in [6.45, 7) is 6.01. The number of hydrogen-bond acceptors (Lipinski definition) is 6. The number of nitrogens with zero attached hydrogens (tertiary/aromatic N) is 4. The topological polar surface area (TPSA) is 61.4 Å². The molecule has 30 heavy (non-hydrogen) atoms. The first-order valence-corrected chi connectivity index (χ1v) is 11.7. The average Bonchev–Trinajstić information content (AvgIpc) is 3.34. The highest BCUT2D eigenvalue weighted by molar-refractivity contribution is 7.99. The Balaban J connectivity index is 1.84. The summed E-state index contributed by atoms with van der Waals surface area (Å²) in [5.74, 6) is 2.05. The number of hydrogen-bond donors (Lipinski definition) is 0. The summed E-state index contributed by atoms with van der Waals surface area (Å²) >= 11 is 3.32. The summed E-state index contributed by atoms with van der Waals surface area (Å²) in [6.07, 6.45) is 4.29. The minimum Gasteiger partial charge on any atom is -0.497 e. The van der Waals surface area contributed by atoms with Gasteiger partial charge in [0.15, 0.2) is 5.16 Å². The molecule has 0 radical (unpaired) electrons. The largest absolute Gasteiger partial charge is 0.497 e. The van der Waals surface area contributed by atoms with Crippen LogP contribution in [0.3, 0.4) is 0 Å². The van der Waals surface area contributed by atoms with Crippen LogP contribution >= 0.6 is 23.1 Å². The lowest BCUT2D eigenvalue weighted by atomic mass is 9.97. The molecular formula is C22H22N4O2S2. The van der Waals surface area contributed by atoms with E-state index in [9.17, 15) is 4.79 Å². The Labute approximate surface area is 182 Å². The normalized spacial score (nSPS) is 13.7. The maximum Gasteiger partial charge on any atom is 0.268 e. The number of fused-ring (bicyclic) bond motifs is 5. The second-order valence-electron chi connectivity index (χ2n) is 7.59. The van der Waals surface area contributed by atoms with Gasteiger partial charge in [0.25, 0.3) is 5.56 Å². The number of aromatic nitrogens is 4. The summed E-state index contributed by atoms with van der Waals surface area (Å²) in [7, 11) is 1.63. The van der Waals surface area contributed by atoms with Crippen LogP contribution in [-0.4, -0.2) is 32.0 Å². The van der Waals surface area contributed by atoms with E-state index in [1.165, 1.54) is 16.9 Å². The fourth-order valence-electron chi connectivity index (χ4n) is 3.96. The highest BCUT2D eigenvalue weighted by atomic mass is 32.2. The Morgan fingerprint density at radius 3 is 2.73 bits per heavy atom. The van der Waals surface area contributed by atoms with Gasteiger partial charge in [0.05, 0.1) is 18.2 Å². The minimum atomic E-state index is -0.0223. The molecule has 1 aliphatic rings. The van der Waals surface area contributed by atoms with Crippen LogP contribution in [0.5, 0.6) is 5.75 Å². The Morgan fingerprint density at radius 2 is 2.00 bits per heavy atom. The molecule has 1 aromatic carbocycles. The first-order chi connectivity index (χ1) is 14.6. The van der Waals surface area contributed by atoms with Crippen molar-refractivity contribution in [2.75, 3.05) is 12.9 Å². The van der Waals surface area contributed by atoms with Gasteiger partial charge in [-0.1, -0.05) is 23.9 Å². The number of thioether (sulfide) groups is 1. The summed E-state index contributed by atoms with van der Waals surface area (Å²) in [5, 5.41) is 10.5. The zero-order valence-electron chi connectivity index (χ0n) is 17.0. The molecule has 0 spiro atoms. The van der Waals surface area contributed by atoms with Gasteiger partial charge in [0.1, 0.15) is 10.6 Å². The number of rotatable bonds is 5. The van der Waals surface area contributed by atoms with Gasteiger partial charge in [-0.15, -0.1) is 21.5 Å². The van der Waals surface area contributed by atoms with E-state index in [1.807, 2.05) is 31.2 Å². The summed E-state index contributed by atoms with van der Waals surface area (Å²) in [4.78, 5) is 16.0. The number of aryl methyl sites for hydroxylation is 2. The van der Waals surface area contributed by atoms with Crippen LogP contribution in [-0.2, 0) is 12.8 Å². The highest BCUT2D eigenvalue weighted by Crippen LogP contribution is 2.36. The molecule has 8 heteroatoms. The van der Waals surface area contributed by atoms with Gasteiger partial charge in [-0.3, -0.25) is 4.79 Å². The molecule has 0 N–H and O–H groups in total. The Bertz CT molecular complexity index is 1330. The fourth-order valence-corrected chi connectivity index (χ4v) is 6.18. The highest BCUT2D eigenvalue weighted by Gasteiger charge is 2.25. The number of thiophene rings is 1. The van der Waals surface area contributed by atoms with Gasteiger partial charge in [0, 0.05) is 10.6 Å². The van der Waals surface area contributed by atoms with Gasteiger partial charge in [-0.2, -0.15) is 0 Å². The molecule has 1 aliphatic carbocycles. The van der Waals surface area contributed by atoms with Crippen LogP contribution in [0.4, 0.5) is 0 Å². The first-order valence-electron chi connectivity index (χ1n) is 9.94. The maximum absolute atomic E-state index is 13.7. The number of benzene rings is 1. The molecule has 3 heterocycles. The van der Waals surface area contributed by atoms with E-state index in [4.69, 9.17) is 4.74 Å². The fraction of sp³-hybridized carbons (Fsp3) is 0.318. The maximum atomic E-state index is 13.7. The molecule has 0 fully saturated rings. The SMILES string of the molecule is C=C(C)CSc1nnc2n(-c3ccc(OC)cc3)c(=O)c3c4c(sc3n12)CCCC4. The molecule has 0 atom stereocenters. The standard InChI is InChI=1S/C22H22N4O2S2/c1-13(2)12-29-22-24-23-21-25(14-8-10-15(28-3)11-9-14)19(27)18-16-6-4-5-7-17(16)30-20(18)26(21)22/h8-11H,1,4-7,12H2,2-3H3. The van der Waals surface area contributed by atoms with E-state index >= 15 is 0 Å². The predicted molar refractivity (Wildman–Crippen MR) is 123 cm³/mol. The molecule has 3 aromatic heterocycles. The van der Waals surface area contributed by atoms with Crippen molar-refractivity contribution in [2.45, 2.75) is 37.8 Å². The molecule has 6 nitrogen and oxygen atoms in total. The molecule has 0 saturated heterocycles. The van der Waals surface area contributed by atoms with Gasteiger partial charge < -0.3 is 4.74 Å². The summed E-state index contributed by atoms with van der Waals surface area (Å²) in [6, 6.07) is 7.50. The monoisotopic (exact) mass is 438 g/mol. The van der Waals surface area contributed by atoms with Crippen molar-refractivity contribution >= 4 is 39.1 Å². The van der Waals surface area contributed by atoms with Gasteiger partial charge in [-0.25, -0.2) is 8.97 Å². The van der Waals surface area contributed by atoms with E-state index in [1.54, 1.807) is 34.8 Å². The van der Waals surface area contributed by atoms with Crippen molar-refractivity contribution in [2.24, 2.45) is 0 Å². The zero-order chi connectivity index (χ0) is 20.8. The Hall–Kier alpha value is -2.58. The minimum absolute atomic E-state index is 0.0223. The molecule has 4 aromatic rings. The zero-order valence-corrected chi connectivity index (χ0v) is 18.6. The number of ether oxygens (including phenoxy) is 1. The predicted octanol–water partition coefficient (Wildman–Crippen LogP) is 4.65. The molecule has 0 aliphatic heterocycles. The molecular weight excluding hydrogens is 416 g/mol. The molecule has 0 bridgehead atoms. The van der Waals surface area contributed by atoms with Gasteiger partial charge in [-0.05, 0) is 62.4 Å². The van der Waals surface area contributed by atoms with Crippen LogP contribution < -0.4 is 10.3 Å². The van der Waals surface area contributed by atoms with Crippen molar-refractivity contribution in [3.05, 3.63) is 57.2 Å². The Kier molecular flexibility index (Phi) is 4.91. The third-order valence-corrected chi connectivity index (χ3v) is 7.80. The van der Waals surface area contributed by atoms with Crippen LogP contribution in [0, 0.1) is 0 Å². The van der Waals surface area contributed by atoms with Crippen LogP contribution in [0.1, 0.15) is 30.2 Å². The Morgan fingerprint density at radius 1 is 1.23 bits per heavy atom. The lowest BCUT2D eigenvalue weighted by molar-refractivity contribution is 0.414. The van der Waals surface area contributed by atoms with Crippen molar-refractivity contribution < 1.29 is 4.74 Å². The second-order valence-corrected chi connectivity index (χ2v) is 9.62. The van der Waals surface area contributed by atoms with E-state index in [0.29, 0.717) is 5.78 Å². The first kappa shape index (κ1) is 19.4. The van der Waals surface area contributed by atoms with E-state index in [2.05, 4.69) is 21.2 Å². The van der Waals surface area contributed by atoms with Gasteiger partial charge >= 0.3 is 0 Å². The molecule has 154 valence electrons. The summed E-state index contributed by atoms with van der Waals surface area (Å²) in [5.41, 5.74) is 3.01. The van der Waals surface area contributed by atoms with E-state index in [-0.39, 0.29) is 5.56 Å². The van der Waals surface area contributed by atoms with Crippen molar-refractivity contribution in [3.63, 3.8) is 0 Å². The van der Waals surface area contributed by atoms with Crippen molar-refractivity contribution in [1.82, 2.24) is 19.2 Å². The van der Waals surface area contributed by atoms with Crippen LogP contribution in [0.15, 0.2) is 46.4 Å². The molecule has 0 amide bonds. The van der Waals surface area contributed by atoms with Crippen molar-refractivity contribution in [3.8, 4) is 11.4 Å². The van der Waals surface area contributed by atoms with E-state index in [0.717, 1.165) is 57.4 Å². The lowest BCUT2D eigenvalue weighted by Crippen LogP contribution is -2.22. The molecule has 5 rings (SSSR count). The third-order valence-electron chi connectivity index (χ3n) is 5.37. The van der Waals surface area contributed by atoms with Gasteiger partial charge in [0.2, 0.25) is 5.78 Å². The number of methoxy groups -OCH3 is 1. The second kappa shape index (κ2) is 7.59. The van der Waals surface area contributed by atoms with E-state index < -0.39 is 0 Å². The third kappa shape index (κ3) is 3.06. The summed E-state index contributed by atoms with van der Waals surface area (Å²) < 4.78 is 9.02.